The van der Waals surface area contributed by atoms with Crippen molar-refractivity contribution in [3.8, 4) is 17.3 Å². The Balaban J connectivity index is 1.71. The molecule has 30 heavy (non-hydrogen) atoms. The van der Waals surface area contributed by atoms with Crippen LogP contribution < -0.4 is 16.8 Å². The highest BCUT2D eigenvalue weighted by Crippen LogP contribution is 2.41. The Bertz CT molecular complexity index is 1300. The van der Waals surface area contributed by atoms with Crippen molar-refractivity contribution in [1.29, 1.82) is 5.26 Å². The molecule has 0 saturated carbocycles. The molecule has 0 saturated heterocycles. The van der Waals surface area contributed by atoms with Gasteiger partial charge in [0.05, 0.1) is 16.9 Å². The first kappa shape index (κ1) is 19.8. The minimum atomic E-state index is -0.377. The number of carbonyl (C=O) groups is 1. The normalized spacial score (nSPS) is 11.0. The second kappa shape index (κ2) is 7.70. The van der Waals surface area contributed by atoms with E-state index in [2.05, 4.69) is 26.3 Å². The van der Waals surface area contributed by atoms with Gasteiger partial charge in [-0.05, 0) is 23.6 Å². The van der Waals surface area contributed by atoms with Crippen LogP contribution >= 0.6 is 22.7 Å². The maximum absolute atomic E-state index is 12.9. The number of amides is 1. The maximum atomic E-state index is 12.9. The van der Waals surface area contributed by atoms with Crippen LogP contribution in [0, 0.1) is 11.3 Å². The number of thiazole rings is 1. The second-order valence-corrected chi connectivity index (χ2v) is 8.66. The van der Waals surface area contributed by atoms with Gasteiger partial charge in [-0.1, -0.05) is 13.8 Å². The molecule has 0 unspecified atom stereocenters. The zero-order valence-electron chi connectivity index (χ0n) is 16.1. The third kappa shape index (κ3) is 3.34. The molecule has 5 N–H and O–H groups in total. The Labute approximate surface area is 180 Å². The Hall–Kier alpha value is -3.55. The number of hydrogen-bond donors (Lipinski definition) is 3. The van der Waals surface area contributed by atoms with Crippen molar-refractivity contribution in [3.63, 3.8) is 0 Å². The van der Waals surface area contributed by atoms with Gasteiger partial charge in [-0.2, -0.15) is 5.26 Å². The van der Waals surface area contributed by atoms with Crippen LogP contribution in [0.5, 0.6) is 0 Å². The smallest absolute Gasteiger partial charge is 0.269 e. The number of nitriles is 1. The molecule has 0 spiro atoms. The molecule has 150 valence electrons. The lowest BCUT2D eigenvalue weighted by Gasteiger charge is -2.12. The van der Waals surface area contributed by atoms with E-state index in [4.69, 9.17) is 11.5 Å². The Kier molecular flexibility index (Phi) is 5.07. The molecule has 0 aliphatic heterocycles. The summed E-state index contributed by atoms with van der Waals surface area (Å²) in [6.07, 6.45) is 3.37. The number of fused-ring (bicyclic) bond motifs is 1. The minimum absolute atomic E-state index is 0.0119. The van der Waals surface area contributed by atoms with E-state index in [1.165, 1.54) is 11.3 Å². The third-order valence-corrected chi connectivity index (χ3v) is 6.40. The predicted molar refractivity (Wildman–Crippen MR) is 121 cm³/mol. The van der Waals surface area contributed by atoms with Crippen molar-refractivity contribution in [2.24, 2.45) is 0 Å². The van der Waals surface area contributed by atoms with Gasteiger partial charge in [0.15, 0.2) is 5.13 Å². The summed E-state index contributed by atoms with van der Waals surface area (Å²) in [6.45, 7) is 3.89. The van der Waals surface area contributed by atoms with Crippen molar-refractivity contribution in [3.05, 3.63) is 45.9 Å². The number of hydrogen-bond acceptors (Lipinski definition) is 9. The number of rotatable bonds is 4. The van der Waals surface area contributed by atoms with Crippen molar-refractivity contribution < 1.29 is 4.79 Å². The Morgan fingerprint density at radius 3 is 2.63 bits per heavy atom. The van der Waals surface area contributed by atoms with Gasteiger partial charge in [-0.3, -0.25) is 15.1 Å². The SMILES string of the molecule is CC(C)c1c(C#N)c(N)nc2sc(C(=O)Nc3nc(-c4ccncc4)cs3)c(N)c12. The lowest BCUT2D eigenvalue weighted by molar-refractivity contribution is 0.103. The number of nitrogens with zero attached hydrogens (tertiary/aromatic N) is 4. The average Bonchev–Trinajstić information content (AvgIpc) is 3.32. The van der Waals surface area contributed by atoms with Gasteiger partial charge in [0.1, 0.15) is 21.6 Å². The van der Waals surface area contributed by atoms with Crippen molar-refractivity contribution in [2.75, 3.05) is 16.8 Å². The number of nitrogens with one attached hydrogen (secondary N) is 1. The summed E-state index contributed by atoms with van der Waals surface area (Å²) in [5, 5.41) is 15.2. The van der Waals surface area contributed by atoms with E-state index < -0.39 is 0 Å². The molecular weight excluding hydrogens is 418 g/mol. The predicted octanol–water partition coefficient (Wildman–Crippen LogP) is 4.23. The molecule has 4 heterocycles. The molecule has 4 aromatic heterocycles. The molecule has 4 rings (SSSR count). The van der Waals surface area contributed by atoms with E-state index in [9.17, 15) is 10.1 Å². The molecule has 4 aromatic rings. The van der Waals surface area contributed by atoms with Crippen LogP contribution in [0.3, 0.4) is 0 Å². The number of thiophene rings is 1. The lowest BCUT2D eigenvalue weighted by Crippen LogP contribution is -2.12. The van der Waals surface area contributed by atoms with Crippen LogP contribution in [-0.4, -0.2) is 20.9 Å². The van der Waals surface area contributed by atoms with E-state index in [0.29, 0.717) is 37.0 Å². The Morgan fingerprint density at radius 1 is 1.23 bits per heavy atom. The topological polar surface area (TPSA) is 144 Å². The van der Waals surface area contributed by atoms with Crippen molar-refractivity contribution in [2.45, 2.75) is 19.8 Å². The molecule has 0 atom stereocenters. The highest BCUT2D eigenvalue weighted by atomic mass is 32.1. The lowest BCUT2D eigenvalue weighted by atomic mass is 9.95. The first-order chi connectivity index (χ1) is 14.4. The summed E-state index contributed by atoms with van der Waals surface area (Å²) in [6, 6.07) is 5.81. The van der Waals surface area contributed by atoms with Crippen LogP contribution in [0.25, 0.3) is 21.5 Å². The van der Waals surface area contributed by atoms with Gasteiger partial charge in [-0.15, -0.1) is 22.7 Å². The molecular formula is C20H17N7OS2. The third-order valence-electron chi connectivity index (χ3n) is 4.54. The van der Waals surface area contributed by atoms with Crippen molar-refractivity contribution in [1.82, 2.24) is 15.0 Å². The number of carbonyl (C=O) groups excluding carboxylic acids is 1. The zero-order chi connectivity index (χ0) is 21.4. The molecule has 0 radical (unpaired) electrons. The highest BCUT2D eigenvalue weighted by molar-refractivity contribution is 7.21. The summed E-state index contributed by atoms with van der Waals surface area (Å²) in [5.74, 6) is -0.246. The quantitative estimate of drug-likeness (QED) is 0.435. The van der Waals surface area contributed by atoms with Crippen LogP contribution in [0.1, 0.15) is 40.6 Å². The van der Waals surface area contributed by atoms with Crippen LogP contribution in [0.4, 0.5) is 16.6 Å². The summed E-state index contributed by atoms with van der Waals surface area (Å²) >= 11 is 2.47. The summed E-state index contributed by atoms with van der Waals surface area (Å²) < 4.78 is 0. The van der Waals surface area contributed by atoms with E-state index in [-0.39, 0.29) is 17.6 Å². The molecule has 0 fully saturated rings. The van der Waals surface area contributed by atoms with Gasteiger partial charge >= 0.3 is 0 Å². The fourth-order valence-corrected chi connectivity index (χ4v) is 4.93. The van der Waals surface area contributed by atoms with Gasteiger partial charge < -0.3 is 11.5 Å². The zero-order valence-corrected chi connectivity index (χ0v) is 17.8. The van der Waals surface area contributed by atoms with Gasteiger partial charge in [-0.25, -0.2) is 9.97 Å². The molecule has 1 amide bonds. The number of nitrogens with two attached hydrogens (primary N) is 2. The standard InChI is InChI=1S/C20H17N7OS2/c1-9(2)13-11(7-21)17(23)26-19-14(13)15(22)16(30-19)18(28)27-20-25-12(8-29-20)10-3-5-24-6-4-10/h3-6,8-9H,22H2,1-2H3,(H2,23,26)(H,25,27,28). The fourth-order valence-electron chi connectivity index (χ4n) is 3.20. The highest BCUT2D eigenvalue weighted by Gasteiger charge is 2.25. The molecule has 0 bridgehead atoms. The molecule has 0 aliphatic carbocycles. The summed E-state index contributed by atoms with van der Waals surface area (Å²) in [4.78, 5) is 26.5. The molecule has 10 heteroatoms. The maximum Gasteiger partial charge on any atom is 0.269 e. The van der Waals surface area contributed by atoms with E-state index in [1.54, 1.807) is 12.4 Å². The molecule has 0 aliphatic rings. The van der Waals surface area contributed by atoms with Gasteiger partial charge in [0.25, 0.3) is 5.91 Å². The van der Waals surface area contributed by atoms with E-state index in [0.717, 1.165) is 22.6 Å². The van der Waals surface area contributed by atoms with Crippen LogP contribution in [0.2, 0.25) is 0 Å². The van der Waals surface area contributed by atoms with Crippen molar-refractivity contribution >= 4 is 55.4 Å². The molecule has 8 nitrogen and oxygen atoms in total. The van der Waals surface area contributed by atoms with Gasteiger partial charge in [0.2, 0.25) is 0 Å². The van der Waals surface area contributed by atoms with E-state index in [1.807, 2.05) is 31.4 Å². The first-order valence-corrected chi connectivity index (χ1v) is 10.7. The first-order valence-electron chi connectivity index (χ1n) is 8.99. The average molecular weight is 436 g/mol. The monoisotopic (exact) mass is 435 g/mol. The number of nitrogen functional groups attached to an aromatic ring is 2. The summed E-state index contributed by atoms with van der Waals surface area (Å²) in [5.41, 5.74) is 15.3. The van der Waals surface area contributed by atoms with Gasteiger partial charge in [0, 0.05) is 28.7 Å². The minimum Gasteiger partial charge on any atom is -0.397 e. The van der Waals surface area contributed by atoms with Crippen LogP contribution in [0.15, 0.2) is 29.9 Å². The molecule has 0 aromatic carbocycles. The van der Waals surface area contributed by atoms with E-state index >= 15 is 0 Å². The largest absolute Gasteiger partial charge is 0.397 e. The number of anilines is 3. The number of aromatic nitrogens is 3. The Morgan fingerprint density at radius 2 is 1.97 bits per heavy atom. The van der Waals surface area contributed by atoms with Crippen LogP contribution in [-0.2, 0) is 0 Å². The second-order valence-electron chi connectivity index (χ2n) is 6.81. The summed E-state index contributed by atoms with van der Waals surface area (Å²) in [7, 11) is 0. The fraction of sp³-hybridized carbons (Fsp3) is 0.150. The number of pyridine rings is 2.